The maximum atomic E-state index is 12.4. The van der Waals surface area contributed by atoms with E-state index in [1.54, 1.807) is 23.7 Å². The molecule has 0 aliphatic carbocycles. The lowest BCUT2D eigenvalue weighted by molar-refractivity contribution is 0.0765. The van der Waals surface area contributed by atoms with Gasteiger partial charge in [0.05, 0.1) is 5.56 Å². The second-order valence-electron chi connectivity index (χ2n) is 5.18. The Morgan fingerprint density at radius 3 is 2.95 bits per heavy atom. The molecule has 2 N–H and O–H groups in total. The third-order valence-electron chi connectivity index (χ3n) is 3.56. The van der Waals surface area contributed by atoms with E-state index in [0.717, 1.165) is 32.6 Å². The molecule has 1 aliphatic rings. The summed E-state index contributed by atoms with van der Waals surface area (Å²) in [5.41, 5.74) is 1.74. The van der Waals surface area contributed by atoms with E-state index in [4.69, 9.17) is 0 Å². The van der Waals surface area contributed by atoms with E-state index in [-0.39, 0.29) is 5.91 Å². The van der Waals surface area contributed by atoms with Crippen LogP contribution in [-0.4, -0.2) is 47.0 Å². The first kappa shape index (κ1) is 14.9. The van der Waals surface area contributed by atoms with Gasteiger partial charge in [-0.05, 0) is 35.4 Å². The van der Waals surface area contributed by atoms with E-state index in [0.29, 0.717) is 18.1 Å². The lowest BCUT2D eigenvalue weighted by Gasteiger charge is -2.19. The van der Waals surface area contributed by atoms with Crippen molar-refractivity contribution in [3.05, 3.63) is 40.3 Å². The van der Waals surface area contributed by atoms with Gasteiger partial charge in [-0.2, -0.15) is 11.3 Å². The molecule has 0 aromatic carbocycles. The van der Waals surface area contributed by atoms with Crippen molar-refractivity contribution in [3.8, 4) is 0 Å². The van der Waals surface area contributed by atoms with Gasteiger partial charge in [-0.15, -0.1) is 0 Å². The van der Waals surface area contributed by atoms with Crippen LogP contribution in [0.4, 0.5) is 5.95 Å². The van der Waals surface area contributed by atoms with E-state index in [9.17, 15) is 4.79 Å². The Hall–Kier alpha value is -1.99. The molecule has 0 bridgehead atoms. The summed E-state index contributed by atoms with van der Waals surface area (Å²) in [5, 5.41) is 10.6. The van der Waals surface area contributed by atoms with Crippen LogP contribution in [0, 0.1) is 0 Å². The molecule has 116 valence electrons. The SMILES string of the molecule is O=C(c1cnc(NCc2ccsc2)nc1)N1CCCNCC1. The average Bonchev–Trinajstić information content (AvgIpc) is 2.93. The summed E-state index contributed by atoms with van der Waals surface area (Å²) in [6.45, 7) is 4.01. The third-order valence-corrected chi connectivity index (χ3v) is 4.29. The van der Waals surface area contributed by atoms with Crippen molar-refractivity contribution in [2.24, 2.45) is 0 Å². The first-order chi connectivity index (χ1) is 10.8. The van der Waals surface area contributed by atoms with Crippen molar-refractivity contribution in [2.45, 2.75) is 13.0 Å². The molecule has 1 fully saturated rings. The molecule has 0 radical (unpaired) electrons. The smallest absolute Gasteiger partial charge is 0.257 e. The molecule has 2 aromatic heterocycles. The van der Waals surface area contributed by atoms with Gasteiger partial charge >= 0.3 is 0 Å². The predicted molar refractivity (Wildman–Crippen MR) is 87.1 cm³/mol. The zero-order valence-corrected chi connectivity index (χ0v) is 13.1. The van der Waals surface area contributed by atoms with Crippen molar-refractivity contribution in [2.75, 3.05) is 31.5 Å². The second-order valence-corrected chi connectivity index (χ2v) is 5.96. The first-order valence-corrected chi connectivity index (χ1v) is 8.34. The number of hydrogen-bond donors (Lipinski definition) is 2. The number of nitrogens with one attached hydrogen (secondary N) is 2. The highest BCUT2D eigenvalue weighted by Gasteiger charge is 2.17. The van der Waals surface area contributed by atoms with Crippen LogP contribution in [0.15, 0.2) is 29.2 Å². The van der Waals surface area contributed by atoms with Crippen LogP contribution in [0.3, 0.4) is 0 Å². The van der Waals surface area contributed by atoms with E-state index in [2.05, 4.69) is 32.0 Å². The molecule has 6 nitrogen and oxygen atoms in total. The molecule has 7 heteroatoms. The summed E-state index contributed by atoms with van der Waals surface area (Å²) < 4.78 is 0. The fourth-order valence-electron chi connectivity index (χ4n) is 2.34. The number of amides is 1. The number of hydrogen-bond acceptors (Lipinski definition) is 6. The van der Waals surface area contributed by atoms with Gasteiger partial charge in [0.2, 0.25) is 5.95 Å². The third kappa shape index (κ3) is 3.80. The minimum absolute atomic E-state index is 0.00749. The standard InChI is InChI=1S/C15H19N5OS/c21-14(20-5-1-3-16-4-6-20)13-9-18-15(19-10-13)17-8-12-2-7-22-11-12/h2,7,9-11,16H,1,3-6,8H2,(H,17,18,19). The number of carbonyl (C=O) groups is 1. The number of aromatic nitrogens is 2. The average molecular weight is 317 g/mol. The van der Waals surface area contributed by atoms with Crippen LogP contribution in [0.1, 0.15) is 22.3 Å². The topological polar surface area (TPSA) is 70.2 Å². The zero-order valence-electron chi connectivity index (χ0n) is 12.3. The van der Waals surface area contributed by atoms with Gasteiger partial charge in [0, 0.05) is 38.6 Å². The van der Waals surface area contributed by atoms with Crippen molar-refractivity contribution >= 4 is 23.2 Å². The summed E-state index contributed by atoms with van der Waals surface area (Å²) in [7, 11) is 0. The molecule has 1 aliphatic heterocycles. The van der Waals surface area contributed by atoms with Crippen molar-refractivity contribution in [3.63, 3.8) is 0 Å². The highest BCUT2D eigenvalue weighted by atomic mass is 32.1. The molecule has 22 heavy (non-hydrogen) atoms. The Kier molecular flexibility index (Phi) is 4.97. The molecule has 0 spiro atoms. The summed E-state index contributed by atoms with van der Waals surface area (Å²) in [6.07, 6.45) is 4.18. The molecule has 0 atom stereocenters. The molecule has 3 heterocycles. The molecule has 0 unspecified atom stereocenters. The van der Waals surface area contributed by atoms with E-state index in [1.165, 1.54) is 5.56 Å². The van der Waals surface area contributed by atoms with Crippen LogP contribution >= 0.6 is 11.3 Å². The van der Waals surface area contributed by atoms with Gasteiger partial charge in [0.1, 0.15) is 0 Å². The summed E-state index contributed by atoms with van der Waals surface area (Å²) in [6, 6.07) is 2.06. The summed E-state index contributed by atoms with van der Waals surface area (Å²) in [4.78, 5) is 22.7. The lowest BCUT2D eigenvalue weighted by Crippen LogP contribution is -2.34. The monoisotopic (exact) mass is 317 g/mol. The number of anilines is 1. The molecule has 1 saturated heterocycles. The Morgan fingerprint density at radius 1 is 1.32 bits per heavy atom. The minimum Gasteiger partial charge on any atom is -0.350 e. The van der Waals surface area contributed by atoms with Crippen molar-refractivity contribution in [1.82, 2.24) is 20.2 Å². The van der Waals surface area contributed by atoms with E-state index < -0.39 is 0 Å². The predicted octanol–water partition coefficient (Wildman–Crippen LogP) is 1.59. The fourth-order valence-corrected chi connectivity index (χ4v) is 3.00. The van der Waals surface area contributed by atoms with Gasteiger partial charge in [0.15, 0.2) is 0 Å². The Bertz CT molecular complexity index is 591. The highest BCUT2D eigenvalue weighted by Crippen LogP contribution is 2.09. The lowest BCUT2D eigenvalue weighted by atomic mass is 10.3. The van der Waals surface area contributed by atoms with Crippen LogP contribution in [0.2, 0.25) is 0 Å². The zero-order chi connectivity index (χ0) is 15.2. The maximum Gasteiger partial charge on any atom is 0.257 e. The second kappa shape index (κ2) is 7.33. The molecule has 3 rings (SSSR count). The number of carbonyl (C=O) groups excluding carboxylic acids is 1. The van der Waals surface area contributed by atoms with Crippen LogP contribution in [0.25, 0.3) is 0 Å². The molecular formula is C15H19N5OS. The maximum absolute atomic E-state index is 12.4. The van der Waals surface area contributed by atoms with E-state index >= 15 is 0 Å². The molecular weight excluding hydrogens is 298 g/mol. The largest absolute Gasteiger partial charge is 0.350 e. The van der Waals surface area contributed by atoms with Gasteiger partial charge in [0.25, 0.3) is 5.91 Å². The summed E-state index contributed by atoms with van der Waals surface area (Å²) in [5.74, 6) is 0.549. The normalized spacial score (nSPS) is 15.4. The van der Waals surface area contributed by atoms with Gasteiger partial charge in [-0.3, -0.25) is 4.79 Å². The highest BCUT2D eigenvalue weighted by molar-refractivity contribution is 7.07. The molecule has 1 amide bonds. The van der Waals surface area contributed by atoms with Crippen LogP contribution in [-0.2, 0) is 6.54 Å². The Morgan fingerprint density at radius 2 is 2.18 bits per heavy atom. The van der Waals surface area contributed by atoms with Crippen molar-refractivity contribution in [1.29, 1.82) is 0 Å². The van der Waals surface area contributed by atoms with Crippen LogP contribution in [0.5, 0.6) is 0 Å². The molecule has 2 aromatic rings. The minimum atomic E-state index is 0.00749. The first-order valence-electron chi connectivity index (χ1n) is 7.40. The Balaban J connectivity index is 1.59. The van der Waals surface area contributed by atoms with Crippen LogP contribution < -0.4 is 10.6 Å². The fraction of sp³-hybridized carbons (Fsp3) is 0.400. The van der Waals surface area contributed by atoms with Gasteiger partial charge < -0.3 is 15.5 Å². The van der Waals surface area contributed by atoms with Gasteiger partial charge in [-0.25, -0.2) is 9.97 Å². The number of nitrogens with zero attached hydrogens (tertiary/aromatic N) is 3. The van der Waals surface area contributed by atoms with Gasteiger partial charge in [-0.1, -0.05) is 0 Å². The Labute approximate surface area is 133 Å². The number of rotatable bonds is 4. The van der Waals surface area contributed by atoms with Crippen molar-refractivity contribution < 1.29 is 4.79 Å². The molecule has 0 saturated carbocycles. The number of thiophene rings is 1. The summed E-state index contributed by atoms with van der Waals surface area (Å²) >= 11 is 1.66. The van der Waals surface area contributed by atoms with E-state index in [1.807, 2.05) is 10.3 Å². The quantitative estimate of drug-likeness (QED) is 0.896.